The second kappa shape index (κ2) is 8.62. The van der Waals surface area contributed by atoms with Gasteiger partial charge in [-0.05, 0) is 74.1 Å². The predicted molar refractivity (Wildman–Crippen MR) is 138 cm³/mol. The van der Waals surface area contributed by atoms with Gasteiger partial charge in [0.2, 0.25) is 0 Å². The van der Waals surface area contributed by atoms with Crippen LogP contribution in [0.5, 0.6) is 0 Å². The Balaban J connectivity index is 1.63. The van der Waals surface area contributed by atoms with Gasteiger partial charge in [-0.3, -0.25) is 9.59 Å². The highest BCUT2D eigenvalue weighted by atomic mass is 35.5. The van der Waals surface area contributed by atoms with E-state index in [2.05, 4.69) is 9.88 Å². The molecule has 2 amide bonds. The van der Waals surface area contributed by atoms with E-state index in [9.17, 15) is 9.59 Å². The number of nitrogens with zero attached hydrogens (tertiary/aromatic N) is 2. The number of H-pyrrole nitrogens is 1. The number of nitrogens with two attached hydrogens (primary N) is 1. The zero-order valence-corrected chi connectivity index (χ0v) is 20.4. The third-order valence-electron chi connectivity index (χ3n) is 6.65. The van der Waals surface area contributed by atoms with Crippen LogP contribution in [0.1, 0.15) is 27.1 Å². The average molecular weight is 495 g/mol. The first-order valence-electron chi connectivity index (χ1n) is 11.0. The summed E-state index contributed by atoms with van der Waals surface area (Å²) in [6, 6.07) is 15.0. The van der Waals surface area contributed by atoms with Crippen LogP contribution >= 0.6 is 23.2 Å². The number of benzene rings is 3. The van der Waals surface area contributed by atoms with Crippen molar-refractivity contribution in [3.8, 4) is 11.1 Å². The molecule has 0 aliphatic carbocycles. The van der Waals surface area contributed by atoms with Gasteiger partial charge in [0.1, 0.15) is 0 Å². The molecule has 174 valence electrons. The van der Waals surface area contributed by atoms with Gasteiger partial charge in [0, 0.05) is 41.0 Å². The van der Waals surface area contributed by atoms with Crippen molar-refractivity contribution in [1.82, 2.24) is 14.8 Å². The maximum absolute atomic E-state index is 13.2. The number of fused-ring (bicyclic) bond motifs is 3. The number of aromatic nitrogens is 1. The van der Waals surface area contributed by atoms with Crippen LogP contribution in [0.25, 0.3) is 32.9 Å². The number of likely N-dealkylation sites (tertiary alicyclic amines) is 1. The van der Waals surface area contributed by atoms with Crippen LogP contribution in [-0.4, -0.2) is 59.8 Å². The molecule has 0 spiro atoms. The third kappa shape index (κ3) is 3.92. The van der Waals surface area contributed by atoms with E-state index in [1.165, 1.54) is 0 Å². The summed E-state index contributed by atoms with van der Waals surface area (Å²) in [4.78, 5) is 32.9. The van der Waals surface area contributed by atoms with Crippen molar-refractivity contribution in [2.45, 2.75) is 12.5 Å². The van der Waals surface area contributed by atoms with E-state index in [1.54, 1.807) is 18.2 Å². The van der Waals surface area contributed by atoms with E-state index in [1.807, 2.05) is 49.3 Å². The molecule has 3 N–H and O–H groups in total. The number of amides is 2. The molecule has 0 bridgehead atoms. The molecular weight excluding hydrogens is 471 g/mol. The quantitative estimate of drug-likeness (QED) is 0.410. The first-order chi connectivity index (χ1) is 16.2. The molecule has 5 rings (SSSR count). The predicted octanol–water partition coefficient (Wildman–Crippen LogP) is 5.17. The molecular formula is C26H24Cl2N4O2. The molecule has 8 heteroatoms. The van der Waals surface area contributed by atoms with Gasteiger partial charge >= 0.3 is 0 Å². The minimum atomic E-state index is -0.540. The maximum atomic E-state index is 13.2. The topological polar surface area (TPSA) is 82.4 Å². The standard InChI is InChI=1S/C26H24Cl2N4O2/c1-31(2)17-7-8-32(13-17)26(34)15-4-6-23-18(9-15)19-10-16(11-20(25(29)33)24(19)30-23)14-3-5-21(27)22(28)12-14/h3-6,9-12,17,30H,7-8,13H2,1-2H3,(H2,29,33)/t17-/m1/s1. The second-order valence-electron chi connectivity index (χ2n) is 8.98. The van der Waals surface area contributed by atoms with Crippen LogP contribution in [-0.2, 0) is 0 Å². The molecule has 0 unspecified atom stereocenters. The van der Waals surface area contributed by atoms with Crippen LogP contribution in [0.15, 0.2) is 48.5 Å². The highest BCUT2D eigenvalue weighted by molar-refractivity contribution is 6.42. The average Bonchev–Trinajstić information content (AvgIpc) is 3.44. The molecule has 0 radical (unpaired) electrons. The Hall–Kier alpha value is -3.06. The number of nitrogens with one attached hydrogen (secondary N) is 1. The number of primary amides is 1. The smallest absolute Gasteiger partial charge is 0.253 e. The number of carbonyl (C=O) groups is 2. The van der Waals surface area contributed by atoms with E-state index in [4.69, 9.17) is 28.9 Å². The molecule has 6 nitrogen and oxygen atoms in total. The number of carbonyl (C=O) groups excluding carboxylic acids is 2. The highest BCUT2D eigenvalue weighted by Crippen LogP contribution is 2.35. The van der Waals surface area contributed by atoms with Gasteiger partial charge in [0.15, 0.2) is 0 Å². The van der Waals surface area contributed by atoms with Crippen LogP contribution < -0.4 is 5.73 Å². The summed E-state index contributed by atoms with van der Waals surface area (Å²) in [5, 5.41) is 2.55. The summed E-state index contributed by atoms with van der Waals surface area (Å²) in [6.45, 7) is 1.45. The molecule has 1 atom stereocenters. The van der Waals surface area contributed by atoms with E-state index < -0.39 is 5.91 Å². The lowest BCUT2D eigenvalue weighted by Crippen LogP contribution is -2.34. The largest absolute Gasteiger partial charge is 0.366 e. The molecule has 1 saturated heterocycles. The van der Waals surface area contributed by atoms with E-state index >= 15 is 0 Å². The van der Waals surface area contributed by atoms with Gasteiger partial charge in [-0.2, -0.15) is 0 Å². The zero-order valence-electron chi connectivity index (χ0n) is 18.9. The maximum Gasteiger partial charge on any atom is 0.253 e. The number of hydrogen-bond acceptors (Lipinski definition) is 3. The first-order valence-corrected chi connectivity index (χ1v) is 11.8. The summed E-state index contributed by atoms with van der Waals surface area (Å²) in [6.07, 6.45) is 0.961. The minimum absolute atomic E-state index is 0.0105. The van der Waals surface area contributed by atoms with Crippen LogP contribution in [0.2, 0.25) is 10.0 Å². The van der Waals surface area contributed by atoms with Crippen molar-refractivity contribution in [2.75, 3.05) is 27.2 Å². The lowest BCUT2D eigenvalue weighted by Gasteiger charge is -2.20. The Morgan fingerprint density at radius 3 is 2.47 bits per heavy atom. The number of halogens is 2. The zero-order chi connectivity index (χ0) is 24.1. The Bertz CT molecular complexity index is 1460. The van der Waals surface area contributed by atoms with Crippen LogP contribution in [0.3, 0.4) is 0 Å². The summed E-state index contributed by atoms with van der Waals surface area (Å²) >= 11 is 12.3. The summed E-state index contributed by atoms with van der Waals surface area (Å²) in [5.41, 5.74) is 9.79. The van der Waals surface area contributed by atoms with Gasteiger partial charge in [0.05, 0.1) is 21.1 Å². The Labute approximate surface area is 207 Å². The normalized spacial score (nSPS) is 16.1. The second-order valence-corrected chi connectivity index (χ2v) is 9.80. The molecule has 4 aromatic rings. The summed E-state index contributed by atoms with van der Waals surface area (Å²) in [5.74, 6) is -0.530. The fraction of sp³-hybridized carbons (Fsp3) is 0.231. The van der Waals surface area contributed by atoms with Crippen molar-refractivity contribution in [2.24, 2.45) is 5.73 Å². The van der Waals surface area contributed by atoms with E-state index in [-0.39, 0.29) is 5.91 Å². The highest BCUT2D eigenvalue weighted by Gasteiger charge is 2.28. The Kier molecular flexibility index (Phi) is 5.76. The van der Waals surface area contributed by atoms with Crippen molar-refractivity contribution < 1.29 is 9.59 Å². The lowest BCUT2D eigenvalue weighted by molar-refractivity contribution is 0.0783. The number of likely N-dealkylation sites (N-methyl/N-ethyl adjacent to an activating group) is 1. The Morgan fingerprint density at radius 2 is 1.79 bits per heavy atom. The third-order valence-corrected chi connectivity index (χ3v) is 7.39. The monoisotopic (exact) mass is 494 g/mol. The molecule has 3 aromatic carbocycles. The van der Waals surface area contributed by atoms with Crippen molar-refractivity contribution >= 4 is 56.8 Å². The minimum Gasteiger partial charge on any atom is -0.366 e. The fourth-order valence-corrected chi connectivity index (χ4v) is 5.00. The van der Waals surface area contributed by atoms with Gasteiger partial charge in [-0.1, -0.05) is 29.3 Å². The van der Waals surface area contributed by atoms with Crippen molar-refractivity contribution in [1.29, 1.82) is 0 Å². The van der Waals surface area contributed by atoms with Gasteiger partial charge < -0.3 is 20.5 Å². The van der Waals surface area contributed by atoms with Crippen molar-refractivity contribution in [3.05, 3.63) is 69.7 Å². The first kappa shape index (κ1) is 22.7. The van der Waals surface area contributed by atoms with Gasteiger partial charge in [-0.25, -0.2) is 0 Å². The molecule has 1 aromatic heterocycles. The van der Waals surface area contributed by atoms with E-state index in [0.717, 1.165) is 40.4 Å². The lowest BCUT2D eigenvalue weighted by atomic mass is 9.98. The molecule has 2 heterocycles. The molecule has 0 saturated carbocycles. The number of aromatic amines is 1. The Morgan fingerprint density at radius 1 is 1.00 bits per heavy atom. The number of rotatable bonds is 4. The van der Waals surface area contributed by atoms with E-state index in [0.29, 0.717) is 39.3 Å². The van der Waals surface area contributed by atoms with Crippen LogP contribution in [0, 0.1) is 0 Å². The molecule has 1 fully saturated rings. The molecule has 34 heavy (non-hydrogen) atoms. The summed E-state index contributed by atoms with van der Waals surface area (Å²) in [7, 11) is 4.08. The van der Waals surface area contributed by atoms with Gasteiger partial charge in [0.25, 0.3) is 11.8 Å². The fourth-order valence-electron chi connectivity index (χ4n) is 4.70. The molecule has 1 aliphatic heterocycles. The SMILES string of the molecule is CN(C)[C@@H]1CCN(C(=O)c2ccc3[nH]c4c(C(N)=O)cc(-c5ccc(Cl)c(Cl)c5)cc4c3c2)C1. The van der Waals surface area contributed by atoms with Gasteiger partial charge in [-0.15, -0.1) is 0 Å². The number of hydrogen-bond donors (Lipinski definition) is 2. The van der Waals surface area contributed by atoms with Crippen molar-refractivity contribution in [3.63, 3.8) is 0 Å². The summed E-state index contributed by atoms with van der Waals surface area (Å²) < 4.78 is 0. The molecule has 1 aliphatic rings. The van der Waals surface area contributed by atoms with Crippen LogP contribution in [0.4, 0.5) is 0 Å².